The molecule has 0 saturated carbocycles. The smallest absolute Gasteiger partial charge is 0.212 e. The standard InChI is InChI=1S/C16H19F2N3O2/c1-22-10-23-9-14(19)16(20,11-2-5-13(17)6-3-11)12-4-7-15(18)21-8-12/h2-8,14H,9-10,19-20H2,1H3/t14-,16?/m0/s1. The summed E-state index contributed by atoms with van der Waals surface area (Å²) in [4.78, 5) is 3.63. The van der Waals surface area contributed by atoms with E-state index in [9.17, 15) is 8.78 Å². The van der Waals surface area contributed by atoms with Gasteiger partial charge in [0.2, 0.25) is 5.95 Å². The molecule has 124 valence electrons. The lowest BCUT2D eigenvalue weighted by Gasteiger charge is -2.36. The maximum Gasteiger partial charge on any atom is 0.212 e. The quantitative estimate of drug-likeness (QED) is 0.458. The summed E-state index contributed by atoms with van der Waals surface area (Å²) in [6.45, 7) is 0.161. The van der Waals surface area contributed by atoms with Crippen LogP contribution in [0, 0.1) is 11.8 Å². The summed E-state index contributed by atoms with van der Waals surface area (Å²) < 4.78 is 36.4. The molecule has 4 N–H and O–H groups in total. The number of halogens is 2. The van der Waals surface area contributed by atoms with E-state index < -0.39 is 23.3 Å². The summed E-state index contributed by atoms with van der Waals surface area (Å²) >= 11 is 0. The predicted octanol–water partition coefficient (Wildman–Crippen LogP) is 1.51. The number of methoxy groups -OCH3 is 1. The van der Waals surface area contributed by atoms with Gasteiger partial charge in [0.1, 0.15) is 12.6 Å². The lowest BCUT2D eigenvalue weighted by molar-refractivity contribution is -0.0396. The molecule has 0 saturated heterocycles. The average molecular weight is 323 g/mol. The average Bonchev–Trinajstić information content (AvgIpc) is 2.55. The van der Waals surface area contributed by atoms with Crippen LogP contribution in [0.2, 0.25) is 0 Å². The molecule has 0 aliphatic rings. The predicted molar refractivity (Wildman–Crippen MR) is 81.4 cm³/mol. The van der Waals surface area contributed by atoms with Crippen molar-refractivity contribution in [3.05, 3.63) is 65.5 Å². The molecule has 2 rings (SSSR count). The molecule has 0 radical (unpaired) electrons. The molecule has 0 aliphatic heterocycles. The molecule has 23 heavy (non-hydrogen) atoms. The van der Waals surface area contributed by atoms with Crippen molar-refractivity contribution in [3.8, 4) is 0 Å². The summed E-state index contributed by atoms with van der Waals surface area (Å²) in [7, 11) is 1.49. The molecule has 0 spiro atoms. The SMILES string of the molecule is COCOC[C@H](N)C(N)(c1ccc(F)cc1)c1ccc(F)nc1. The summed E-state index contributed by atoms with van der Waals surface area (Å²) in [6, 6.07) is 7.66. The highest BCUT2D eigenvalue weighted by atomic mass is 19.1. The third kappa shape index (κ3) is 3.89. The van der Waals surface area contributed by atoms with Crippen LogP contribution in [0.5, 0.6) is 0 Å². The van der Waals surface area contributed by atoms with Gasteiger partial charge in [0.05, 0.1) is 18.2 Å². The highest BCUT2D eigenvalue weighted by molar-refractivity contribution is 5.39. The molecule has 0 amide bonds. The maximum absolute atomic E-state index is 13.2. The number of aromatic nitrogens is 1. The van der Waals surface area contributed by atoms with Gasteiger partial charge < -0.3 is 20.9 Å². The second-order valence-electron chi connectivity index (χ2n) is 5.13. The molecule has 1 heterocycles. The van der Waals surface area contributed by atoms with Crippen molar-refractivity contribution in [2.75, 3.05) is 20.5 Å². The molecule has 0 bridgehead atoms. The summed E-state index contributed by atoms with van der Waals surface area (Å²) in [5.74, 6) is -1.02. The highest BCUT2D eigenvalue weighted by Gasteiger charge is 2.37. The fourth-order valence-electron chi connectivity index (χ4n) is 2.33. The van der Waals surface area contributed by atoms with E-state index in [1.54, 1.807) is 0 Å². The molecule has 2 aromatic rings. The van der Waals surface area contributed by atoms with E-state index in [-0.39, 0.29) is 13.4 Å². The van der Waals surface area contributed by atoms with E-state index in [1.165, 1.54) is 49.7 Å². The van der Waals surface area contributed by atoms with Crippen LogP contribution >= 0.6 is 0 Å². The molecule has 0 aliphatic carbocycles. The molecule has 2 atom stereocenters. The zero-order chi connectivity index (χ0) is 16.9. The Hall–Kier alpha value is -1.93. The molecule has 1 unspecified atom stereocenters. The van der Waals surface area contributed by atoms with Crippen molar-refractivity contribution in [2.24, 2.45) is 11.5 Å². The van der Waals surface area contributed by atoms with E-state index in [0.29, 0.717) is 11.1 Å². The van der Waals surface area contributed by atoms with Gasteiger partial charge in [-0.2, -0.15) is 4.39 Å². The van der Waals surface area contributed by atoms with Crippen LogP contribution in [0.25, 0.3) is 0 Å². The first-order chi connectivity index (χ1) is 11.0. The second kappa shape index (κ2) is 7.56. The first-order valence-corrected chi connectivity index (χ1v) is 6.97. The number of ether oxygens (including phenoxy) is 2. The van der Waals surface area contributed by atoms with Gasteiger partial charge in [-0.05, 0) is 29.3 Å². The van der Waals surface area contributed by atoms with Crippen LogP contribution in [-0.2, 0) is 15.0 Å². The van der Waals surface area contributed by atoms with Gasteiger partial charge in [-0.25, -0.2) is 9.37 Å². The lowest BCUT2D eigenvalue weighted by atomic mass is 9.79. The third-order valence-corrected chi connectivity index (χ3v) is 3.61. The van der Waals surface area contributed by atoms with E-state index in [4.69, 9.17) is 20.9 Å². The Bertz CT molecular complexity index is 575. The number of rotatable bonds is 7. The molecule has 1 aromatic carbocycles. The molecule has 0 fully saturated rings. The first-order valence-electron chi connectivity index (χ1n) is 6.97. The van der Waals surface area contributed by atoms with Gasteiger partial charge >= 0.3 is 0 Å². The normalized spacial score (nSPS) is 15.2. The number of pyridine rings is 1. The Morgan fingerprint density at radius 2 is 1.78 bits per heavy atom. The topological polar surface area (TPSA) is 83.4 Å². The van der Waals surface area contributed by atoms with Gasteiger partial charge in [0, 0.05) is 13.3 Å². The highest BCUT2D eigenvalue weighted by Crippen LogP contribution is 2.30. The van der Waals surface area contributed by atoms with Crippen LogP contribution in [0.3, 0.4) is 0 Å². The molecular weight excluding hydrogens is 304 g/mol. The van der Waals surface area contributed by atoms with Crippen molar-refractivity contribution in [2.45, 2.75) is 11.6 Å². The first kappa shape index (κ1) is 17.4. The van der Waals surface area contributed by atoms with Crippen molar-refractivity contribution in [1.82, 2.24) is 4.98 Å². The number of nitrogens with zero attached hydrogens (tertiary/aromatic N) is 1. The number of benzene rings is 1. The van der Waals surface area contributed by atoms with Crippen LogP contribution in [-0.4, -0.2) is 31.5 Å². The fourth-order valence-corrected chi connectivity index (χ4v) is 2.33. The third-order valence-electron chi connectivity index (χ3n) is 3.61. The summed E-state index contributed by atoms with van der Waals surface area (Å²) in [6.07, 6.45) is 1.31. The van der Waals surface area contributed by atoms with E-state index in [1.807, 2.05) is 0 Å². The van der Waals surface area contributed by atoms with Gasteiger partial charge in [-0.3, -0.25) is 0 Å². The van der Waals surface area contributed by atoms with Crippen molar-refractivity contribution in [1.29, 1.82) is 0 Å². The maximum atomic E-state index is 13.2. The Morgan fingerprint density at radius 3 is 2.35 bits per heavy atom. The number of nitrogens with two attached hydrogens (primary N) is 2. The monoisotopic (exact) mass is 323 g/mol. The molecule has 1 aromatic heterocycles. The van der Waals surface area contributed by atoms with Gasteiger partial charge in [-0.1, -0.05) is 18.2 Å². The van der Waals surface area contributed by atoms with Gasteiger partial charge in [0.15, 0.2) is 0 Å². The zero-order valence-corrected chi connectivity index (χ0v) is 12.7. The van der Waals surface area contributed by atoms with Crippen LogP contribution in [0.4, 0.5) is 8.78 Å². The van der Waals surface area contributed by atoms with E-state index >= 15 is 0 Å². The Balaban J connectivity index is 2.40. The van der Waals surface area contributed by atoms with Crippen LogP contribution < -0.4 is 11.5 Å². The zero-order valence-electron chi connectivity index (χ0n) is 12.7. The molecule has 5 nitrogen and oxygen atoms in total. The van der Waals surface area contributed by atoms with Crippen molar-refractivity contribution >= 4 is 0 Å². The number of hydrogen-bond acceptors (Lipinski definition) is 5. The minimum atomic E-state index is -1.22. The number of hydrogen-bond donors (Lipinski definition) is 2. The fraction of sp³-hybridized carbons (Fsp3) is 0.312. The second-order valence-corrected chi connectivity index (χ2v) is 5.13. The largest absolute Gasteiger partial charge is 0.359 e. The molecular formula is C16H19F2N3O2. The van der Waals surface area contributed by atoms with E-state index in [0.717, 1.165) is 0 Å². The minimum Gasteiger partial charge on any atom is -0.359 e. The lowest BCUT2D eigenvalue weighted by Crippen LogP contribution is -2.55. The Morgan fingerprint density at radius 1 is 1.13 bits per heavy atom. The van der Waals surface area contributed by atoms with Gasteiger partial charge in [-0.15, -0.1) is 0 Å². The van der Waals surface area contributed by atoms with Crippen LogP contribution in [0.15, 0.2) is 42.6 Å². The minimum absolute atomic E-state index is 0.0644. The van der Waals surface area contributed by atoms with Crippen LogP contribution in [0.1, 0.15) is 11.1 Å². The summed E-state index contributed by atoms with van der Waals surface area (Å²) in [5.41, 5.74) is 12.6. The molecule has 7 heteroatoms. The van der Waals surface area contributed by atoms with Crippen molar-refractivity contribution < 1.29 is 18.3 Å². The Kier molecular flexibility index (Phi) is 5.73. The van der Waals surface area contributed by atoms with E-state index in [2.05, 4.69) is 4.98 Å². The Labute approximate surface area is 133 Å². The van der Waals surface area contributed by atoms with Crippen molar-refractivity contribution in [3.63, 3.8) is 0 Å². The van der Waals surface area contributed by atoms with Gasteiger partial charge in [0.25, 0.3) is 0 Å². The summed E-state index contributed by atoms with van der Waals surface area (Å²) in [5, 5.41) is 0.